The van der Waals surface area contributed by atoms with E-state index in [4.69, 9.17) is 4.74 Å². The van der Waals surface area contributed by atoms with Crippen LogP contribution in [0.15, 0.2) is 48.5 Å². The molecule has 2 rings (SSSR count). The van der Waals surface area contributed by atoms with Crippen molar-refractivity contribution in [3.63, 3.8) is 0 Å². The third-order valence-corrected chi connectivity index (χ3v) is 4.06. The monoisotopic (exact) mass is 344 g/mol. The average Bonchev–Trinajstić information content (AvgIpc) is 2.56. The Balaban J connectivity index is 1.96. The van der Waals surface area contributed by atoms with Crippen LogP contribution in [0.4, 0.5) is 10.1 Å². The molecular weight excluding hydrogens is 315 g/mol. The van der Waals surface area contributed by atoms with Crippen LogP contribution in [0.5, 0.6) is 0 Å². The number of benzene rings is 2. The zero-order valence-corrected chi connectivity index (χ0v) is 15.8. The van der Waals surface area contributed by atoms with Gasteiger partial charge in [-0.15, -0.1) is 0 Å². The van der Waals surface area contributed by atoms with Crippen LogP contribution < -0.4 is 10.6 Å². The lowest BCUT2D eigenvalue weighted by atomic mass is 10.0. The number of hydrogen-bond donors (Lipinski definition) is 2. The minimum absolute atomic E-state index is 0.0459. The molecule has 0 saturated carbocycles. The molecule has 0 aliphatic rings. The Kier molecular flexibility index (Phi) is 6.57. The van der Waals surface area contributed by atoms with Gasteiger partial charge in [0, 0.05) is 12.1 Å². The fraction of sp³-hybridized carbons (Fsp3) is 0.429. The minimum atomic E-state index is -0.268. The summed E-state index contributed by atoms with van der Waals surface area (Å²) < 4.78 is 19.9. The first-order chi connectivity index (χ1) is 11.8. The molecular formula is C21H29FN2O. The van der Waals surface area contributed by atoms with E-state index in [-0.39, 0.29) is 30.2 Å². The van der Waals surface area contributed by atoms with Crippen molar-refractivity contribution < 1.29 is 9.13 Å². The molecule has 2 N–H and O–H groups in total. The molecule has 4 heteroatoms. The van der Waals surface area contributed by atoms with Crippen LogP contribution in [-0.2, 0) is 4.74 Å². The molecule has 0 unspecified atom stereocenters. The Morgan fingerprint density at radius 2 is 1.60 bits per heavy atom. The summed E-state index contributed by atoms with van der Waals surface area (Å²) in [4.78, 5) is 0. The van der Waals surface area contributed by atoms with Gasteiger partial charge in [0.2, 0.25) is 0 Å². The van der Waals surface area contributed by atoms with Crippen molar-refractivity contribution in [1.29, 1.82) is 0 Å². The fourth-order valence-electron chi connectivity index (χ4n) is 2.58. The zero-order chi connectivity index (χ0) is 18.4. The molecule has 2 atom stereocenters. The van der Waals surface area contributed by atoms with Crippen LogP contribution >= 0.6 is 0 Å². The lowest BCUT2D eigenvalue weighted by Crippen LogP contribution is -2.24. The number of anilines is 1. The third kappa shape index (κ3) is 6.15. The number of ether oxygens (including phenoxy) is 1. The van der Waals surface area contributed by atoms with E-state index < -0.39 is 0 Å². The van der Waals surface area contributed by atoms with Crippen LogP contribution in [0.25, 0.3) is 0 Å². The van der Waals surface area contributed by atoms with Crippen LogP contribution in [0.1, 0.15) is 57.8 Å². The number of nitrogens with one attached hydrogen (secondary N) is 2. The summed E-state index contributed by atoms with van der Waals surface area (Å²) in [7, 11) is 0. The maximum Gasteiger partial charge on any atom is 0.146 e. The Morgan fingerprint density at radius 3 is 2.20 bits per heavy atom. The first kappa shape index (κ1) is 19.4. The molecule has 136 valence electrons. The van der Waals surface area contributed by atoms with E-state index in [1.807, 2.05) is 52.0 Å². The van der Waals surface area contributed by atoms with Gasteiger partial charge in [0.15, 0.2) is 0 Å². The van der Waals surface area contributed by atoms with E-state index in [1.54, 1.807) is 12.1 Å². The van der Waals surface area contributed by atoms with Crippen molar-refractivity contribution in [3.05, 3.63) is 65.5 Å². The maximum absolute atomic E-state index is 14.3. The molecule has 0 bridgehead atoms. The van der Waals surface area contributed by atoms with Gasteiger partial charge < -0.3 is 15.4 Å². The molecule has 3 nitrogen and oxygen atoms in total. The van der Waals surface area contributed by atoms with E-state index >= 15 is 0 Å². The van der Waals surface area contributed by atoms with Crippen molar-refractivity contribution >= 4 is 5.69 Å². The molecule has 0 spiro atoms. The predicted octanol–water partition coefficient (Wildman–Crippen LogP) is 5.42. The van der Waals surface area contributed by atoms with Gasteiger partial charge in [0.05, 0.1) is 11.3 Å². The zero-order valence-electron chi connectivity index (χ0n) is 15.8. The molecule has 2 aromatic rings. The average molecular weight is 344 g/mol. The lowest BCUT2D eigenvalue weighted by Gasteiger charge is -2.22. The highest BCUT2D eigenvalue weighted by Crippen LogP contribution is 2.23. The van der Waals surface area contributed by atoms with Crippen molar-refractivity contribution in [2.75, 3.05) is 12.0 Å². The SMILES string of the molecule is C[C@H](N[C@@H](C)c1ccc(NCOC(C)(C)C)c(F)c1)c1ccccc1. The smallest absolute Gasteiger partial charge is 0.146 e. The van der Waals surface area contributed by atoms with Crippen LogP contribution in [-0.4, -0.2) is 12.3 Å². The quantitative estimate of drug-likeness (QED) is 0.658. The Hall–Kier alpha value is -1.91. The van der Waals surface area contributed by atoms with Crippen molar-refractivity contribution in [3.8, 4) is 0 Å². The lowest BCUT2D eigenvalue weighted by molar-refractivity contribution is 0.00835. The Labute approximate surface area is 150 Å². The second-order valence-corrected chi connectivity index (χ2v) is 7.34. The largest absolute Gasteiger partial charge is 0.360 e. The van der Waals surface area contributed by atoms with Gasteiger partial charge in [0.25, 0.3) is 0 Å². The molecule has 2 aromatic carbocycles. The van der Waals surface area contributed by atoms with Crippen LogP contribution in [0.2, 0.25) is 0 Å². The van der Waals surface area contributed by atoms with Gasteiger partial charge in [-0.2, -0.15) is 0 Å². The standard InChI is InChI=1S/C21H29FN2O/c1-15(17-9-7-6-8-10-17)24-16(2)18-11-12-20(19(22)13-18)23-14-25-21(3,4)5/h6-13,15-16,23-24H,14H2,1-5H3/t15-,16-/m0/s1. The Bertz CT molecular complexity index is 667. The minimum Gasteiger partial charge on any atom is -0.360 e. The van der Waals surface area contributed by atoms with Crippen molar-refractivity contribution in [2.45, 2.75) is 52.3 Å². The molecule has 0 amide bonds. The first-order valence-electron chi connectivity index (χ1n) is 8.74. The second kappa shape index (κ2) is 8.45. The first-order valence-corrected chi connectivity index (χ1v) is 8.74. The number of halogens is 1. The summed E-state index contributed by atoms with van der Waals surface area (Å²) in [6.45, 7) is 10.3. The van der Waals surface area contributed by atoms with Gasteiger partial charge in [-0.25, -0.2) is 4.39 Å². The molecule has 0 saturated heterocycles. The summed E-state index contributed by atoms with van der Waals surface area (Å²) in [5.74, 6) is -0.268. The highest BCUT2D eigenvalue weighted by molar-refractivity contribution is 5.46. The third-order valence-electron chi connectivity index (χ3n) is 4.06. The van der Waals surface area contributed by atoms with E-state index in [0.717, 1.165) is 5.56 Å². The molecule has 0 radical (unpaired) electrons. The topological polar surface area (TPSA) is 33.3 Å². The van der Waals surface area contributed by atoms with Crippen LogP contribution in [0, 0.1) is 5.82 Å². The summed E-state index contributed by atoms with van der Waals surface area (Å²) in [6.07, 6.45) is 0. The van der Waals surface area contributed by atoms with Gasteiger partial charge in [-0.1, -0.05) is 36.4 Å². The predicted molar refractivity (Wildman–Crippen MR) is 102 cm³/mol. The number of rotatable bonds is 7. The summed E-state index contributed by atoms with van der Waals surface area (Å²) in [5.41, 5.74) is 2.33. The van der Waals surface area contributed by atoms with Crippen LogP contribution in [0.3, 0.4) is 0 Å². The molecule has 0 fully saturated rings. The molecule has 25 heavy (non-hydrogen) atoms. The fourth-order valence-corrected chi connectivity index (χ4v) is 2.58. The Morgan fingerprint density at radius 1 is 0.960 bits per heavy atom. The van der Waals surface area contributed by atoms with Gasteiger partial charge in [0.1, 0.15) is 12.5 Å². The van der Waals surface area contributed by atoms with E-state index in [9.17, 15) is 4.39 Å². The molecule has 0 heterocycles. The van der Waals surface area contributed by atoms with E-state index in [2.05, 4.69) is 29.7 Å². The van der Waals surface area contributed by atoms with Gasteiger partial charge in [-0.05, 0) is 57.9 Å². The van der Waals surface area contributed by atoms with Crippen molar-refractivity contribution in [2.24, 2.45) is 0 Å². The van der Waals surface area contributed by atoms with E-state index in [1.165, 1.54) is 5.56 Å². The summed E-state index contributed by atoms with van der Waals surface area (Å²) >= 11 is 0. The maximum atomic E-state index is 14.3. The highest BCUT2D eigenvalue weighted by Gasteiger charge is 2.14. The van der Waals surface area contributed by atoms with Gasteiger partial charge >= 0.3 is 0 Å². The van der Waals surface area contributed by atoms with E-state index in [0.29, 0.717) is 5.69 Å². The normalized spacial score (nSPS) is 14.2. The molecule has 0 aliphatic carbocycles. The second-order valence-electron chi connectivity index (χ2n) is 7.34. The highest BCUT2D eigenvalue weighted by atomic mass is 19.1. The van der Waals surface area contributed by atoms with Crippen molar-refractivity contribution in [1.82, 2.24) is 5.32 Å². The number of hydrogen-bond acceptors (Lipinski definition) is 3. The summed E-state index contributed by atoms with van der Waals surface area (Å²) in [6, 6.07) is 15.8. The molecule has 0 aromatic heterocycles. The molecule has 0 aliphatic heterocycles. The van der Waals surface area contributed by atoms with Gasteiger partial charge in [-0.3, -0.25) is 0 Å². The summed E-state index contributed by atoms with van der Waals surface area (Å²) in [5, 5.41) is 6.50.